The molecule has 0 bridgehead atoms. The summed E-state index contributed by atoms with van der Waals surface area (Å²) in [6, 6.07) is 1.98. The molecule has 0 atom stereocenters. The molecule has 0 saturated heterocycles. The molecule has 0 radical (unpaired) electrons. The third-order valence-corrected chi connectivity index (χ3v) is 2.85. The highest BCUT2D eigenvalue weighted by Crippen LogP contribution is 2.32. The molecule has 1 aliphatic carbocycles. The van der Waals surface area contributed by atoms with Gasteiger partial charge in [0.1, 0.15) is 11.6 Å². The molecular formula is C11H17N3. The van der Waals surface area contributed by atoms with Gasteiger partial charge >= 0.3 is 0 Å². The standard InChI is InChI=1S/C11H17N3/c1-8-7-10(12-2)14-11(13-8)9-5-3-4-6-9/h7,9H,3-6H2,1-2H3,(H,12,13,14). The number of nitrogens with zero attached hydrogens (tertiary/aromatic N) is 2. The largest absolute Gasteiger partial charge is 0.373 e. The van der Waals surface area contributed by atoms with Gasteiger partial charge in [0.15, 0.2) is 0 Å². The Kier molecular flexibility index (Phi) is 2.66. The number of hydrogen-bond acceptors (Lipinski definition) is 3. The molecular weight excluding hydrogens is 174 g/mol. The van der Waals surface area contributed by atoms with Gasteiger partial charge in [0.2, 0.25) is 0 Å². The third kappa shape index (κ3) is 1.86. The molecule has 76 valence electrons. The lowest BCUT2D eigenvalue weighted by Crippen LogP contribution is -2.04. The molecule has 0 unspecified atom stereocenters. The van der Waals surface area contributed by atoms with Gasteiger partial charge in [0.25, 0.3) is 0 Å². The summed E-state index contributed by atoms with van der Waals surface area (Å²) in [5.41, 5.74) is 1.06. The lowest BCUT2D eigenvalue weighted by atomic mass is 10.1. The second-order valence-corrected chi connectivity index (χ2v) is 3.98. The van der Waals surface area contributed by atoms with Crippen LogP contribution in [-0.4, -0.2) is 17.0 Å². The second-order valence-electron chi connectivity index (χ2n) is 3.98. The minimum absolute atomic E-state index is 0.599. The van der Waals surface area contributed by atoms with E-state index in [0.29, 0.717) is 5.92 Å². The van der Waals surface area contributed by atoms with E-state index in [0.717, 1.165) is 17.3 Å². The van der Waals surface area contributed by atoms with Crippen molar-refractivity contribution < 1.29 is 0 Å². The average molecular weight is 191 g/mol. The van der Waals surface area contributed by atoms with Crippen LogP contribution in [0.25, 0.3) is 0 Å². The van der Waals surface area contributed by atoms with Gasteiger partial charge in [0.05, 0.1) is 0 Å². The van der Waals surface area contributed by atoms with E-state index in [9.17, 15) is 0 Å². The Hall–Kier alpha value is -1.12. The van der Waals surface area contributed by atoms with Crippen LogP contribution < -0.4 is 5.32 Å². The van der Waals surface area contributed by atoms with E-state index in [1.165, 1.54) is 25.7 Å². The summed E-state index contributed by atoms with van der Waals surface area (Å²) < 4.78 is 0. The van der Waals surface area contributed by atoms with Gasteiger partial charge in [0, 0.05) is 24.7 Å². The van der Waals surface area contributed by atoms with Crippen molar-refractivity contribution in [2.45, 2.75) is 38.5 Å². The quantitative estimate of drug-likeness (QED) is 0.780. The molecule has 0 aliphatic heterocycles. The van der Waals surface area contributed by atoms with Crippen LogP contribution in [0.2, 0.25) is 0 Å². The zero-order valence-electron chi connectivity index (χ0n) is 8.88. The number of aryl methyl sites for hydroxylation is 1. The predicted molar refractivity (Wildman–Crippen MR) is 57.5 cm³/mol. The van der Waals surface area contributed by atoms with Crippen molar-refractivity contribution in [2.24, 2.45) is 0 Å². The van der Waals surface area contributed by atoms with E-state index < -0.39 is 0 Å². The molecule has 1 aromatic heterocycles. The number of aromatic nitrogens is 2. The fourth-order valence-corrected chi connectivity index (χ4v) is 2.09. The van der Waals surface area contributed by atoms with Crippen LogP contribution in [0.1, 0.15) is 43.1 Å². The molecule has 1 aromatic rings. The molecule has 0 aromatic carbocycles. The topological polar surface area (TPSA) is 37.8 Å². The minimum Gasteiger partial charge on any atom is -0.373 e. The molecule has 2 rings (SSSR count). The van der Waals surface area contributed by atoms with Gasteiger partial charge in [-0.1, -0.05) is 12.8 Å². The maximum Gasteiger partial charge on any atom is 0.134 e. The lowest BCUT2D eigenvalue weighted by molar-refractivity contribution is 0.665. The lowest BCUT2D eigenvalue weighted by Gasteiger charge is -2.10. The van der Waals surface area contributed by atoms with E-state index >= 15 is 0 Å². The molecule has 1 fully saturated rings. The summed E-state index contributed by atoms with van der Waals surface area (Å²) >= 11 is 0. The normalized spacial score (nSPS) is 17.3. The van der Waals surface area contributed by atoms with Crippen molar-refractivity contribution in [3.05, 3.63) is 17.6 Å². The Labute approximate surface area is 85.0 Å². The molecule has 1 saturated carbocycles. The van der Waals surface area contributed by atoms with Crippen molar-refractivity contribution in [2.75, 3.05) is 12.4 Å². The highest BCUT2D eigenvalue weighted by Gasteiger charge is 2.20. The summed E-state index contributed by atoms with van der Waals surface area (Å²) in [6.07, 6.45) is 5.17. The highest BCUT2D eigenvalue weighted by molar-refractivity contribution is 5.35. The molecule has 1 aliphatic rings. The maximum absolute atomic E-state index is 4.51. The smallest absolute Gasteiger partial charge is 0.134 e. The van der Waals surface area contributed by atoms with Crippen LogP contribution in [0.4, 0.5) is 5.82 Å². The summed E-state index contributed by atoms with van der Waals surface area (Å²) in [4.78, 5) is 9.02. The SMILES string of the molecule is CNc1cc(C)nc(C2CCCC2)n1. The van der Waals surface area contributed by atoms with Crippen molar-refractivity contribution in [1.82, 2.24) is 9.97 Å². The van der Waals surface area contributed by atoms with Gasteiger partial charge in [-0.3, -0.25) is 0 Å². The fourth-order valence-electron chi connectivity index (χ4n) is 2.09. The van der Waals surface area contributed by atoms with Crippen LogP contribution in [0.3, 0.4) is 0 Å². The fraction of sp³-hybridized carbons (Fsp3) is 0.636. The summed E-state index contributed by atoms with van der Waals surface area (Å²) in [6.45, 7) is 2.03. The van der Waals surface area contributed by atoms with Crippen LogP contribution >= 0.6 is 0 Å². The Bertz CT molecular complexity index is 316. The molecule has 14 heavy (non-hydrogen) atoms. The van der Waals surface area contributed by atoms with Crippen molar-refractivity contribution >= 4 is 5.82 Å². The van der Waals surface area contributed by atoms with Gasteiger partial charge in [-0.25, -0.2) is 9.97 Å². The minimum atomic E-state index is 0.599. The molecule has 3 nitrogen and oxygen atoms in total. The molecule has 0 amide bonds. The predicted octanol–water partition coefficient (Wildman–Crippen LogP) is 2.48. The monoisotopic (exact) mass is 191 g/mol. The van der Waals surface area contributed by atoms with Crippen LogP contribution in [0, 0.1) is 6.92 Å². The third-order valence-electron chi connectivity index (χ3n) is 2.85. The van der Waals surface area contributed by atoms with E-state index in [2.05, 4.69) is 15.3 Å². The number of rotatable bonds is 2. The first kappa shape index (κ1) is 9.44. The van der Waals surface area contributed by atoms with Gasteiger partial charge in [-0.2, -0.15) is 0 Å². The summed E-state index contributed by atoms with van der Waals surface area (Å²) in [5, 5.41) is 3.08. The average Bonchev–Trinajstić information content (AvgIpc) is 2.69. The summed E-state index contributed by atoms with van der Waals surface area (Å²) in [7, 11) is 1.90. The second kappa shape index (κ2) is 3.95. The zero-order chi connectivity index (χ0) is 9.97. The highest BCUT2D eigenvalue weighted by atomic mass is 15.0. The molecule has 3 heteroatoms. The van der Waals surface area contributed by atoms with E-state index in [1.54, 1.807) is 0 Å². The van der Waals surface area contributed by atoms with Gasteiger partial charge < -0.3 is 5.32 Å². The zero-order valence-corrected chi connectivity index (χ0v) is 8.88. The Balaban J connectivity index is 2.27. The Morgan fingerprint density at radius 3 is 2.64 bits per heavy atom. The summed E-state index contributed by atoms with van der Waals surface area (Å²) in [5.74, 6) is 2.58. The van der Waals surface area contributed by atoms with E-state index in [1.807, 2.05) is 20.0 Å². The first-order valence-corrected chi connectivity index (χ1v) is 5.33. The van der Waals surface area contributed by atoms with Crippen molar-refractivity contribution in [3.63, 3.8) is 0 Å². The number of anilines is 1. The first-order valence-electron chi connectivity index (χ1n) is 5.33. The Morgan fingerprint density at radius 1 is 1.29 bits per heavy atom. The number of hydrogen-bond donors (Lipinski definition) is 1. The van der Waals surface area contributed by atoms with Crippen LogP contribution in [0.15, 0.2) is 6.07 Å². The first-order chi connectivity index (χ1) is 6.79. The van der Waals surface area contributed by atoms with E-state index in [4.69, 9.17) is 0 Å². The maximum atomic E-state index is 4.51. The van der Waals surface area contributed by atoms with E-state index in [-0.39, 0.29) is 0 Å². The van der Waals surface area contributed by atoms with Gasteiger partial charge in [-0.05, 0) is 19.8 Å². The van der Waals surface area contributed by atoms with Gasteiger partial charge in [-0.15, -0.1) is 0 Å². The number of nitrogens with one attached hydrogen (secondary N) is 1. The van der Waals surface area contributed by atoms with Crippen LogP contribution in [-0.2, 0) is 0 Å². The Morgan fingerprint density at radius 2 is 2.00 bits per heavy atom. The van der Waals surface area contributed by atoms with Crippen molar-refractivity contribution in [1.29, 1.82) is 0 Å². The van der Waals surface area contributed by atoms with Crippen LogP contribution in [0.5, 0.6) is 0 Å². The molecule has 1 heterocycles. The molecule has 0 spiro atoms. The van der Waals surface area contributed by atoms with Crippen molar-refractivity contribution in [3.8, 4) is 0 Å². The molecule has 1 N–H and O–H groups in total.